The molecule has 3 nitrogen and oxygen atoms in total. The van der Waals surface area contributed by atoms with E-state index < -0.39 is 12.3 Å². The van der Waals surface area contributed by atoms with Gasteiger partial charge >= 0.3 is 12.3 Å². The molecule has 0 fully saturated rings. The molecule has 0 spiro atoms. The molecule has 0 aliphatic heterocycles. The molecule has 7 heteroatoms. The smallest absolute Gasteiger partial charge is 0.308 e. The summed E-state index contributed by atoms with van der Waals surface area (Å²) in [7, 11) is 0. The van der Waals surface area contributed by atoms with Gasteiger partial charge in [-0.05, 0) is 30.7 Å². The summed E-state index contributed by atoms with van der Waals surface area (Å²) >= 11 is 3.20. The number of hydrogen-bond donors (Lipinski definition) is 2. The number of anilines is 1. The number of benzene rings is 1. The lowest BCUT2D eigenvalue weighted by atomic mass is 10.2. The van der Waals surface area contributed by atoms with Crippen molar-refractivity contribution >= 4 is 27.6 Å². The molecule has 1 rings (SSSR count). The maximum Gasteiger partial charge on any atom is 0.485 e. The highest BCUT2D eigenvalue weighted by Gasteiger charge is 2.30. The fourth-order valence-corrected chi connectivity index (χ4v) is 1.53. The fraction of sp³-hybridized carbons (Fsp3) is 0.222. The molecule has 0 aliphatic rings. The van der Waals surface area contributed by atoms with E-state index in [2.05, 4.69) is 21.2 Å². The van der Waals surface area contributed by atoms with E-state index in [1.807, 2.05) is 0 Å². The van der Waals surface area contributed by atoms with Crippen LogP contribution in [0.4, 0.5) is 23.7 Å². The van der Waals surface area contributed by atoms with Crippen LogP contribution < -0.4 is 10.6 Å². The van der Waals surface area contributed by atoms with Gasteiger partial charge in [-0.3, -0.25) is 0 Å². The number of aryl methyl sites for hydroxylation is 1. The van der Waals surface area contributed by atoms with E-state index >= 15 is 0 Å². The third kappa shape index (κ3) is 4.09. The maximum absolute atomic E-state index is 11.8. The first-order chi connectivity index (χ1) is 7.28. The molecule has 0 radical (unpaired) electrons. The molecule has 2 N–H and O–H groups in total. The first-order valence-electron chi connectivity index (χ1n) is 4.20. The van der Waals surface area contributed by atoms with Crippen molar-refractivity contribution in [1.82, 2.24) is 5.32 Å². The van der Waals surface area contributed by atoms with Crippen LogP contribution in [0, 0.1) is 6.92 Å². The molecule has 0 saturated heterocycles. The summed E-state index contributed by atoms with van der Waals surface area (Å²) in [6, 6.07) is 3.51. The van der Waals surface area contributed by atoms with E-state index in [4.69, 9.17) is 0 Å². The largest absolute Gasteiger partial charge is 0.485 e. The van der Waals surface area contributed by atoms with Crippen molar-refractivity contribution in [2.45, 2.75) is 13.2 Å². The van der Waals surface area contributed by atoms with Crippen molar-refractivity contribution < 1.29 is 18.0 Å². The summed E-state index contributed by atoms with van der Waals surface area (Å²) in [5, 5.41) is 2.95. The third-order valence-electron chi connectivity index (χ3n) is 1.69. The Hall–Kier alpha value is -1.24. The number of nitrogens with one attached hydrogen (secondary N) is 2. The van der Waals surface area contributed by atoms with Crippen LogP contribution in [0.1, 0.15) is 5.56 Å². The van der Waals surface area contributed by atoms with Gasteiger partial charge in [-0.1, -0.05) is 15.9 Å². The molecular formula is C9H8BrF3N2O. The first-order valence-corrected chi connectivity index (χ1v) is 4.99. The zero-order chi connectivity index (χ0) is 12.3. The Morgan fingerprint density at radius 2 is 2.00 bits per heavy atom. The Bertz CT molecular complexity index is 406. The number of alkyl halides is 3. The van der Waals surface area contributed by atoms with Crippen LogP contribution in [0.5, 0.6) is 0 Å². The SMILES string of the molecule is Cc1cc(Br)ccc1NC(=O)NC(F)(F)F. The number of urea groups is 1. The quantitative estimate of drug-likeness (QED) is 0.766. The Morgan fingerprint density at radius 1 is 1.38 bits per heavy atom. The van der Waals surface area contributed by atoms with Crippen LogP contribution in [0.3, 0.4) is 0 Å². The molecular weight excluding hydrogens is 289 g/mol. The predicted octanol–water partition coefficient (Wildman–Crippen LogP) is 3.40. The molecule has 0 unspecified atom stereocenters. The van der Waals surface area contributed by atoms with Crippen molar-refractivity contribution in [1.29, 1.82) is 0 Å². The van der Waals surface area contributed by atoms with Crippen LogP contribution in [0.15, 0.2) is 22.7 Å². The van der Waals surface area contributed by atoms with Gasteiger partial charge in [0.05, 0.1) is 0 Å². The molecule has 2 amide bonds. The second kappa shape index (κ2) is 4.73. The average molecular weight is 297 g/mol. The molecule has 0 saturated carbocycles. The van der Waals surface area contributed by atoms with Gasteiger partial charge in [-0.15, -0.1) is 0 Å². The van der Waals surface area contributed by atoms with Gasteiger partial charge in [0.2, 0.25) is 0 Å². The fourth-order valence-electron chi connectivity index (χ4n) is 1.05. The normalized spacial score (nSPS) is 11.1. The predicted molar refractivity (Wildman–Crippen MR) is 57.1 cm³/mol. The minimum Gasteiger partial charge on any atom is -0.308 e. The lowest BCUT2D eigenvalue weighted by Gasteiger charge is -2.11. The van der Waals surface area contributed by atoms with Crippen molar-refractivity contribution in [3.63, 3.8) is 0 Å². The van der Waals surface area contributed by atoms with E-state index in [0.717, 1.165) is 9.79 Å². The van der Waals surface area contributed by atoms with Crippen molar-refractivity contribution in [2.75, 3.05) is 5.32 Å². The molecule has 0 aromatic heterocycles. The van der Waals surface area contributed by atoms with E-state index in [9.17, 15) is 18.0 Å². The van der Waals surface area contributed by atoms with Gasteiger partial charge < -0.3 is 5.32 Å². The third-order valence-corrected chi connectivity index (χ3v) is 2.19. The second-order valence-electron chi connectivity index (χ2n) is 3.04. The van der Waals surface area contributed by atoms with E-state index in [-0.39, 0.29) is 0 Å². The maximum atomic E-state index is 11.8. The molecule has 1 aromatic rings. The number of hydrogen-bond acceptors (Lipinski definition) is 1. The zero-order valence-electron chi connectivity index (χ0n) is 8.15. The topological polar surface area (TPSA) is 41.1 Å². The summed E-state index contributed by atoms with van der Waals surface area (Å²) in [4.78, 5) is 10.9. The zero-order valence-corrected chi connectivity index (χ0v) is 9.74. The summed E-state index contributed by atoms with van der Waals surface area (Å²) in [6.07, 6.45) is -4.73. The Kier molecular flexibility index (Phi) is 3.79. The lowest BCUT2D eigenvalue weighted by Crippen LogP contribution is -2.40. The van der Waals surface area contributed by atoms with Crippen molar-refractivity contribution in [2.24, 2.45) is 0 Å². The summed E-state index contributed by atoms with van der Waals surface area (Å²) in [5.74, 6) is 0. The molecule has 0 atom stereocenters. The van der Waals surface area contributed by atoms with Gasteiger partial charge in [0.1, 0.15) is 0 Å². The molecule has 16 heavy (non-hydrogen) atoms. The van der Waals surface area contributed by atoms with E-state index in [0.29, 0.717) is 11.3 Å². The molecule has 88 valence electrons. The second-order valence-corrected chi connectivity index (χ2v) is 3.95. The average Bonchev–Trinajstić information content (AvgIpc) is 2.06. The highest BCUT2D eigenvalue weighted by atomic mass is 79.9. The van der Waals surface area contributed by atoms with Crippen LogP contribution in [-0.2, 0) is 0 Å². The standard InChI is InChI=1S/C9H8BrF3N2O/c1-5-4-6(10)2-3-7(5)14-8(16)15-9(11,12)13/h2-4H,1H3,(H2,14,15,16). The van der Waals surface area contributed by atoms with Gasteiger partial charge in [0, 0.05) is 10.2 Å². The highest BCUT2D eigenvalue weighted by molar-refractivity contribution is 9.10. The molecule has 0 bridgehead atoms. The minimum absolute atomic E-state index is 0.324. The summed E-state index contributed by atoms with van der Waals surface area (Å²) < 4.78 is 36.2. The van der Waals surface area contributed by atoms with Gasteiger partial charge in [-0.25, -0.2) is 10.1 Å². The van der Waals surface area contributed by atoms with E-state index in [1.165, 1.54) is 6.07 Å². The van der Waals surface area contributed by atoms with Gasteiger partial charge in [0.25, 0.3) is 0 Å². The summed E-state index contributed by atoms with van der Waals surface area (Å²) in [5.41, 5.74) is 0.983. The Morgan fingerprint density at radius 3 is 2.50 bits per heavy atom. The van der Waals surface area contributed by atoms with Crippen molar-refractivity contribution in [3.8, 4) is 0 Å². The van der Waals surface area contributed by atoms with Gasteiger partial charge in [0.15, 0.2) is 0 Å². The number of carbonyl (C=O) groups is 1. The van der Waals surface area contributed by atoms with Crippen LogP contribution in [0.2, 0.25) is 0 Å². The molecule has 1 aromatic carbocycles. The number of carbonyl (C=O) groups excluding carboxylic acids is 1. The number of rotatable bonds is 1. The number of halogens is 4. The summed E-state index contributed by atoms with van der Waals surface area (Å²) in [6.45, 7) is 1.67. The highest BCUT2D eigenvalue weighted by Crippen LogP contribution is 2.20. The van der Waals surface area contributed by atoms with E-state index in [1.54, 1.807) is 19.1 Å². The number of amides is 2. The van der Waals surface area contributed by atoms with Crippen molar-refractivity contribution in [3.05, 3.63) is 28.2 Å². The van der Waals surface area contributed by atoms with Gasteiger partial charge in [-0.2, -0.15) is 13.2 Å². The monoisotopic (exact) mass is 296 g/mol. The van der Waals surface area contributed by atoms with Crippen LogP contribution >= 0.6 is 15.9 Å². The Labute approximate surface area is 98.2 Å². The van der Waals surface area contributed by atoms with Crippen LogP contribution in [-0.4, -0.2) is 12.3 Å². The van der Waals surface area contributed by atoms with Crippen LogP contribution in [0.25, 0.3) is 0 Å². The minimum atomic E-state index is -4.73. The molecule has 0 heterocycles. The lowest BCUT2D eigenvalue weighted by molar-refractivity contribution is -0.144. The Balaban J connectivity index is 2.70. The first kappa shape index (κ1) is 12.8. The molecule has 0 aliphatic carbocycles.